The Morgan fingerprint density at radius 2 is 1.88 bits per heavy atom. The summed E-state index contributed by atoms with van der Waals surface area (Å²) in [6, 6.07) is 6.95. The average Bonchev–Trinajstić information content (AvgIpc) is 3.38. The Hall–Kier alpha value is -3.18. The van der Waals surface area contributed by atoms with Gasteiger partial charge in [0.15, 0.2) is 0 Å². The van der Waals surface area contributed by atoms with Crippen LogP contribution in [0.5, 0.6) is 5.75 Å². The molecule has 8 nitrogen and oxygen atoms in total. The highest BCUT2D eigenvalue weighted by Gasteiger charge is 2.33. The molecule has 1 saturated heterocycles. The molecule has 2 fully saturated rings. The van der Waals surface area contributed by atoms with E-state index in [-0.39, 0.29) is 11.7 Å². The van der Waals surface area contributed by atoms with Crippen molar-refractivity contribution in [3.05, 3.63) is 47.9 Å². The first kappa shape index (κ1) is 28.4. The molecule has 1 aliphatic heterocycles. The highest BCUT2D eigenvalue weighted by atomic mass is 19.4. The maximum Gasteiger partial charge on any atom is 0.433 e. The number of alkyl halides is 3. The lowest BCUT2D eigenvalue weighted by molar-refractivity contribution is -0.141. The number of hydrogen-bond acceptors (Lipinski definition) is 6. The quantitative estimate of drug-likeness (QED) is 0.320. The van der Waals surface area contributed by atoms with Crippen molar-refractivity contribution < 1.29 is 27.4 Å². The maximum absolute atomic E-state index is 13.0. The van der Waals surface area contributed by atoms with Crippen molar-refractivity contribution in [2.24, 2.45) is 11.8 Å². The Morgan fingerprint density at radius 3 is 2.60 bits per heavy atom. The number of pyridine rings is 1. The first-order chi connectivity index (χ1) is 19.3. The van der Waals surface area contributed by atoms with Gasteiger partial charge in [-0.2, -0.15) is 18.3 Å². The summed E-state index contributed by atoms with van der Waals surface area (Å²) in [7, 11) is 1.46. The number of piperidine rings is 1. The third-order valence-corrected chi connectivity index (χ3v) is 8.04. The third kappa shape index (κ3) is 6.93. The SMILES string of the molecule is COc1cc2nn(C3CCC(COCCC4CCNCC4)CC3)cc2cc1NC(=O)c1cccc(C(F)(F)F)n1. The highest BCUT2D eigenvalue weighted by Crippen LogP contribution is 2.35. The number of benzene rings is 1. The van der Waals surface area contributed by atoms with Crippen molar-refractivity contribution in [2.45, 2.75) is 57.2 Å². The van der Waals surface area contributed by atoms with E-state index in [0.29, 0.717) is 17.4 Å². The number of amides is 1. The van der Waals surface area contributed by atoms with E-state index in [9.17, 15) is 18.0 Å². The number of ether oxygens (including phenoxy) is 2. The summed E-state index contributed by atoms with van der Waals surface area (Å²) >= 11 is 0. The van der Waals surface area contributed by atoms with Gasteiger partial charge in [0.05, 0.1) is 24.4 Å². The van der Waals surface area contributed by atoms with Crippen molar-refractivity contribution in [3.8, 4) is 5.75 Å². The second-order valence-electron chi connectivity index (χ2n) is 10.8. The van der Waals surface area contributed by atoms with Crippen LogP contribution in [0.2, 0.25) is 0 Å². The number of rotatable bonds is 9. The molecular formula is C29H36F3N5O3. The first-order valence-electron chi connectivity index (χ1n) is 14.0. The molecule has 0 unspecified atom stereocenters. The molecule has 0 radical (unpaired) electrons. The minimum Gasteiger partial charge on any atom is -0.494 e. The molecule has 0 spiro atoms. The number of halogens is 3. The first-order valence-corrected chi connectivity index (χ1v) is 14.0. The summed E-state index contributed by atoms with van der Waals surface area (Å²) in [5.41, 5.74) is -0.401. The Morgan fingerprint density at radius 1 is 1.10 bits per heavy atom. The minimum absolute atomic E-state index is 0.275. The molecule has 3 aromatic rings. The summed E-state index contributed by atoms with van der Waals surface area (Å²) in [5.74, 6) is 0.965. The number of fused-ring (bicyclic) bond motifs is 1. The summed E-state index contributed by atoms with van der Waals surface area (Å²) in [5, 5.41) is 11.6. The van der Waals surface area contributed by atoms with Gasteiger partial charge in [-0.15, -0.1) is 0 Å². The van der Waals surface area contributed by atoms with Gasteiger partial charge in [-0.1, -0.05) is 6.07 Å². The molecule has 216 valence electrons. The van der Waals surface area contributed by atoms with Gasteiger partial charge in [0.1, 0.15) is 17.1 Å². The predicted octanol–water partition coefficient (Wildman–Crippen LogP) is 5.85. The number of nitrogens with one attached hydrogen (secondary N) is 2. The Labute approximate surface area is 231 Å². The fourth-order valence-corrected chi connectivity index (χ4v) is 5.68. The summed E-state index contributed by atoms with van der Waals surface area (Å²) < 4.78 is 52.6. The average molecular weight is 560 g/mol. The molecule has 0 bridgehead atoms. The smallest absolute Gasteiger partial charge is 0.433 e. The van der Waals surface area contributed by atoms with Crippen LogP contribution in [-0.2, 0) is 10.9 Å². The zero-order valence-corrected chi connectivity index (χ0v) is 22.7. The molecule has 11 heteroatoms. The van der Waals surface area contributed by atoms with Crippen LogP contribution in [0.25, 0.3) is 10.9 Å². The number of aromatic nitrogens is 3. The van der Waals surface area contributed by atoms with Crippen LogP contribution < -0.4 is 15.4 Å². The predicted molar refractivity (Wildman–Crippen MR) is 146 cm³/mol. The zero-order chi connectivity index (χ0) is 28.1. The Kier molecular flexibility index (Phi) is 8.90. The van der Waals surface area contributed by atoms with Crippen molar-refractivity contribution >= 4 is 22.5 Å². The van der Waals surface area contributed by atoms with E-state index < -0.39 is 17.8 Å². The van der Waals surface area contributed by atoms with E-state index >= 15 is 0 Å². The summed E-state index contributed by atoms with van der Waals surface area (Å²) in [6.45, 7) is 3.91. The van der Waals surface area contributed by atoms with E-state index in [2.05, 4.69) is 15.6 Å². The van der Waals surface area contributed by atoms with Crippen molar-refractivity contribution in [3.63, 3.8) is 0 Å². The third-order valence-electron chi connectivity index (χ3n) is 8.04. The molecule has 3 heterocycles. The highest BCUT2D eigenvalue weighted by molar-refractivity contribution is 6.05. The van der Waals surface area contributed by atoms with Crippen molar-refractivity contribution in [2.75, 3.05) is 38.7 Å². The van der Waals surface area contributed by atoms with E-state index in [1.807, 2.05) is 10.9 Å². The van der Waals surface area contributed by atoms with Gasteiger partial charge in [-0.25, -0.2) is 4.98 Å². The van der Waals surface area contributed by atoms with Crippen molar-refractivity contribution in [1.82, 2.24) is 20.1 Å². The lowest BCUT2D eigenvalue weighted by Crippen LogP contribution is -2.28. The van der Waals surface area contributed by atoms with E-state index in [1.54, 1.807) is 12.1 Å². The normalized spacial score (nSPS) is 20.5. The molecule has 1 saturated carbocycles. The van der Waals surface area contributed by atoms with Crippen LogP contribution in [0.3, 0.4) is 0 Å². The number of carbonyl (C=O) groups excluding carboxylic acids is 1. The van der Waals surface area contributed by atoms with Crippen LogP contribution in [0.1, 0.15) is 67.2 Å². The molecule has 1 aromatic carbocycles. The molecule has 2 aromatic heterocycles. The van der Waals surface area contributed by atoms with Crippen LogP contribution in [0, 0.1) is 11.8 Å². The van der Waals surface area contributed by atoms with Gasteiger partial charge in [-0.3, -0.25) is 9.48 Å². The molecule has 40 heavy (non-hydrogen) atoms. The Bertz CT molecular complexity index is 1300. The van der Waals surface area contributed by atoms with Gasteiger partial charge in [0.25, 0.3) is 5.91 Å². The maximum atomic E-state index is 13.0. The van der Waals surface area contributed by atoms with Crippen LogP contribution in [0.4, 0.5) is 18.9 Å². The number of methoxy groups -OCH3 is 1. The van der Waals surface area contributed by atoms with Gasteiger partial charge >= 0.3 is 6.18 Å². The fraction of sp³-hybridized carbons (Fsp3) is 0.552. The Balaban J connectivity index is 1.18. The number of hydrogen-bond donors (Lipinski definition) is 2. The van der Waals surface area contributed by atoms with Gasteiger partial charge < -0.3 is 20.1 Å². The molecule has 0 atom stereocenters. The molecular weight excluding hydrogens is 523 g/mol. The lowest BCUT2D eigenvalue weighted by atomic mass is 9.86. The van der Waals surface area contributed by atoms with E-state index in [4.69, 9.17) is 14.6 Å². The second-order valence-corrected chi connectivity index (χ2v) is 10.8. The van der Waals surface area contributed by atoms with Crippen LogP contribution >= 0.6 is 0 Å². The van der Waals surface area contributed by atoms with Crippen LogP contribution in [-0.4, -0.2) is 54.1 Å². The standard InChI is InChI=1S/C29H36F3N5O3/c1-39-26-16-24-21(15-25(26)35-28(38)23-3-2-4-27(34-23)29(30,31)32)17-37(36-24)22-7-5-20(6-8-22)18-40-14-11-19-9-12-33-13-10-19/h2-4,15-17,19-20,22,33H,5-14,18H2,1H3,(H,35,38). The molecule has 2 N–H and O–H groups in total. The minimum atomic E-state index is -4.64. The topological polar surface area (TPSA) is 90.3 Å². The van der Waals surface area contributed by atoms with E-state index in [1.165, 1.54) is 26.0 Å². The number of carbonyl (C=O) groups is 1. The molecule has 5 rings (SSSR count). The number of nitrogens with zero attached hydrogens (tertiary/aromatic N) is 3. The molecule has 2 aliphatic rings. The van der Waals surface area contributed by atoms with E-state index in [0.717, 1.165) is 87.4 Å². The summed E-state index contributed by atoms with van der Waals surface area (Å²) in [4.78, 5) is 16.2. The lowest BCUT2D eigenvalue weighted by Gasteiger charge is -2.29. The summed E-state index contributed by atoms with van der Waals surface area (Å²) in [6.07, 6.45) is 5.16. The largest absolute Gasteiger partial charge is 0.494 e. The van der Waals surface area contributed by atoms with Crippen LogP contribution in [0.15, 0.2) is 36.5 Å². The monoisotopic (exact) mass is 559 g/mol. The van der Waals surface area contributed by atoms with Gasteiger partial charge in [0, 0.05) is 30.9 Å². The molecule has 1 aliphatic carbocycles. The zero-order valence-electron chi connectivity index (χ0n) is 22.7. The van der Waals surface area contributed by atoms with Crippen molar-refractivity contribution in [1.29, 1.82) is 0 Å². The molecule has 1 amide bonds. The van der Waals surface area contributed by atoms with Gasteiger partial charge in [0.2, 0.25) is 0 Å². The number of anilines is 1. The second kappa shape index (κ2) is 12.6. The van der Waals surface area contributed by atoms with Gasteiger partial charge in [-0.05, 0) is 88.1 Å². The fourth-order valence-electron chi connectivity index (χ4n) is 5.68.